The molecule has 2 N–H and O–H groups in total. The summed E-state index contributed by atoms with van der Waals surface area (Å²) in [5, 5.41) is 12.2. The number of carbonyl (C=O) groups is 3. The summed E-state index contributed by atoms with van der Waals surface area (Å²) in [4.78, 5) is 39.3. The highest BCUT2D eigenvalue weighted by atomic mass is 16.5. The standard InChI is InChI=1S/C28H32N2O5/c31-25(32)19-12-15-30(16-19)26(33)28(13-6-1-7-14-28)18-29-27(34)35-17-24-22-10-4-2-8-20(22)21-9-3-5-11-23(21)24/h2-5,8-11,19,24H,1,6-7,12-18H2,(H,29,34)(H,31,32). The van der Waals surface area contributed by atoms with Crippen molar-refractivity contribution in [3.05, 3.63) is 59.7 Å². The minimum atomic E-state index is -0.852. The maximum absolute atomic E-state index is 13.5. The molecule has 3 aliphatic rings. The van der Waals surface area contributed by atoms with Gasteiger partial charge in [0.05, 0.1) is 11.3 Å². The van der Waals surface area contributed by atoms with E-state index in [-0.39, 0.29) is 31.5 Å². The Balaban J connectivity index is 1.23. The minimum absolute atomic E-state index is 0.0176. The van der Waals surface area contributed by atoms with E-state index < -0.39 is 23.4 Å². The van der Waals surface area contributed by atoms with Gasteiger partial charge in [0.2, 0.25) is 5.91 Å². The van der Waals surface area contributed by atoms with Crippen LogP contribution in [0.5, 0.6) is 0 Å². The Hall–Kier alpha value is -3.35. The van der Waals surface area contributed by atoms with Crippen LogP contribution >= 0.6 is 0 Å². The van der Waals surface area contributed by atoms with E-state index in [1.165, 1.54) is 11.1 Å². The number of hydrogen-bond donors (Lipinski definition) is 2. The van der Waals surface area contributed by atoms with Crippen molar-refractivity contribution < 1.29 is 24.2 Å². The molecule has 0 bridgehead atoms. The smallest absolute Gasteiger partial charge is 0.407 e. The summed E-state index contributed by atoms with van der Waals surface area (Å²) in [6, 6.07) is 16.4. The minimum Gasteiger partial charge on any atom is -0.481 e. The molecule has 7 heteroatoms. The fourth-order valence-corrected chi connectivity index (χ4v) is 6.07. The van der Waals surface area contributed by atoms with Gasteiger partial charge in [0.25, 0.3) is 0 Å². The van der Waals surface area contributed by atoms with Gasteiger partial charge >= 0.3 is 12.1 Å². The molecule has 2 aromatic rings. The number of alkyl carbamates (subject to hydrolysis) is 1. The highest BCUT2D eigenvalue weighted by Crippen LogP contribution is 2.44. The third kappa shape index (κ3) is 4.51. The summed E-state index contributed by atoms with van der Waals surface area (Å²) < 4.78 is 5.68. The van der Waals surface area contributed by atoms with Gasteiger partial charge in [-0.1, -0.05) is 67.8 Å². The fraction of sp³-hybridized carbons (Fsp3) is 0.464. The molecule has 5 rings (SSSR count). The average molecular weight is 477 g/mol. The summed E-state index contributed by atoms with van der Waals surface area (Å²) >= 11 is 0. The van der Waals surface area contributed by atoms with Crippen LogP contribution in [0.2, 0.25) is 0 Å². The molecule has 0 aromatic heterocycles. The quantitative estimate of drug-likeness (QED) is 0.644. The summed E-state index contributed by atoms with van der Waals surface area (Å²) in [6.45, 7) is 1.16. The molecule has 35 heavy (non-hydrogen) atoms. The van der Waals surface area contributed by atoms with Crippen LogP contribution in [0, 0.1) is 11.3 Å². The topological polar surface area (TPSA) is 95.9 Å². The summed E-state index contributed by atoms with van der Waals surface area (Å²) in [5.41, 5.74) is 3.98. The molecule has 0 radical (unpaired) electrons. The van der Waals surface area contributed by atoms with Crippen LogP contribution in [0.25, 0.3) is 11.1 Å². The van der Waals surface area contributed by atoms with Crippen molar-refractivity contribution in [1.29, 1.82) is 0 Å². The van der Waals surface area contributed by atoms with Gasteiger partial charge in [-0.3, -0.25) is 9.59 Å². The van der Waals surface area contributed by atoms with Gasteiger partial charge in [0.15, 0.2) is 0 Å². The monoisotopic (exact) mass is 476 g/mol. The van der Waals surface area contributed by atoms with E-state index in [4.69, 9.17) is 4.74 Å². The number of likely N-dealkylation sites (tertiary alicyclic amines) is 1. The largest absolute Gasteiger partial charge is 0.481 e. The van der Waals surface area contributed by atoms with Gasteiger partial charge in [0, 0.05) is 25.6 Å². The first kappa shape index (κ1) is 23.4. The van der Waals surface area contributed by atoms with E-state index in [9.17, 15) is 19.5 Å². The molecule has 1 saturated carbocycles. The van der Waals surface area contributed by atoms with Crippen molar-refractivity contribution in [1.82, 2.24) is 10.2 Å². The lowest BCUT2D eigenvalue weighted by molar-refractivity contribution is -0.144. The second kappa shape index (κ2) is 9.72. The van der Waals surface area contributed by atoms with Crippen LogP contribution in [-0.2, 0) is 14.3 Å². The number of nitrogens with zero attached hydrogens (tertiary/aromatic N) is 1. The Morgan fingerprint density at radius 1 is 0.971 bits per heavy atom. The predicted octanol–water partition coefficient (Wildman–Crippen LogP) is 4.41. The molecule has 2 fully saturated rings. The summed E-state index contributed by atoms with van der Waals surface area (Å²) in [6.07, 6.45) is 4.28. The second-order valence-corrected chi connectivity index (χ2v) is 10.1. The molecule has 2 amide bonds. The zero-order valence-corrected chi connectivity index (χ0v) is 19.9. The maximum Gasteiger partial charge on any atom is 0.407 e. The number of carboxylic acids is 1. The third-order valence-electron chi connectivity index (χ3n) is 8.00. The zero-order chi connectivity index (χ0) is 24.4. The first-order valence-corrected chi connectivity index (χ1v) is 12.6. The molecule has 2 aromatic carbocycles. The number of carbonyl (C=O) groups excluding carboxylic acids is 2. The summed E-state index contributed by atoms with van der Waals surface area (Å²) in [7, 11) is 0. The van der Waals surface area contributed by atoms with Crippen LogP contribution in [0.3, 0.4) is 0 Å². The van der Waals surface area contributed by atoms with E-state index in [1.807, 2.05) is 24.3 Å². The van der Waals surface area contributed by atoms with E-state index >= 15 is 0 Å². The number of ether oxygens (including phenoxy) is 1. The first-order chi connectivity index (χ1) is 17.0. The SMILES string of the molecule is O=C(NCC1(C(=O)N2CCC(C(=O)O)C2)CCCCC1)OCC1c2ccccc2-c2ccccc21. The van der Waals surface area contributed by atoms with Crippen LogP contribution in [0.15, 0.2) is 48.5 Å². The normalized spacial score (nSPS) is 20.7. The number of amides is 2. The number of nitrogens with one attached hydrogen (secondary N) is 1. The number of benzene rings is 2. The first-order valence-electron chi connectivity index (χ1n) is 12.6. The van der Waals surface area contributed by atoms with Crippen molar-refractivity contribution in [2.75, 3.05) is 26.2 Å². The molecular formula is C28H32N2O5. The van der Waals surface area contributed by atoms with Crippen molar-refractivity contribution in [2.45, 2.75) is 44.4 Å². The summed E-state index contributed by atoms with van der Waals surface area (Å²) in [5.74, 6) is -1.40. The Morgan fingerprint density at radius 2 is 1.60 bits per heavy atom. The van der Waals surface area contributed by atoms with E-state index in [0.29, 0.717) is 25.8 Å². The molecule has 1 aliphatic heterocycles. The van der Waals surface area contributed by atoms with Gasteiger partial charge in [-0.05, 0) is 41.5 Å². The second-order valence-electron chi connectivity index (χ2n) is 10.1. The molecule has 1 atom stereocenters. The highest BCUT2D eigenvalue weighted by molar-refractivity contribution is 5.85. The lowest BCUT2D eigenvalue weighted by Gasteiger charge is -2.38. The fourth-order valence-electron chi connectivity index (χ4n) is 6.07. The number of aliphatic carboxylic acids is 1. The van der Waals surface area contributed by atoms with E-state index in [1.54, 1.807) is 4.90 Å². The number of fused-ring (bicyclic) bond motifs is 3. The van der Waals surface area contributed by atoms with E-state index in [2.05, 4.69) is 29.6 Å². The lowest BCUT2D eigenvalue weighted by atomic mass is 9.73. The molecule has 1 saturated heterocycles. The van der Waals surface area contributed by atoms with Gasteiger partial charge in [-0.25, -0.2) is 4.79 Å². The third-order valence-corrected chi connectivity index (χ3v) is 8.00. The molecule has 1 heterocycles. The number of rotatable bonds is 6. The predicted molar refractivity (Wildman–Crippen MR) is 131 cm³/mol. The highest BCUT2D eigenvalue weighted by Gasteiger charge is 2.45. The molecular weight excluding hydrogens is 444 g/mol. The molecule has 1 unspecified atom stereocenters. The Bertz CT molecular complexity index is 1080. The Kier molecular flexibility index (Phi) is 6.50. The Labute approximate surface area is 205 Å². The zero-order valence-electron chi connectivity index (χ0n) is 19.9. The maximum atomic E-state index is 13.5. The van der Waals surface area contributed by atoms with Crippen molar-refractivity contribution >= 4 is 18.0 Å². The van der Waals surface area contributed by atoms with Gasteiger partial charge in [-0.15, -0.1) is 0 Å². The van der Waals surface area contributed by atoms with Crippen LogP contribution < -0.4 is 5.32 Å². The van der Waals surface area contributed by atoms with Gasteiger partial charge < -0.3 is 20.1 Å². The van der Waals surface area contributed by atoms with Crippen LogP contribution in [0.1, 0.15) is 55.6 Å². The van der Waals surface area contributed by atoms with Crippen LogP contribution in [0.4, 0.5) is 4.79 Å². The lowest BCUT2D eigenvalue weighted by Crippen LogP contribution is -2.50. The molecule has 0 spiro atoms. The van der Waals surface area contributed by atoms with Crippen LogP contribution in [-0.4, -0.2) is 54.2 Å². The van der Waals surface area contributed by atoms with E-state index in [0.717, 1.165) is 30.4 Å². The molecule has 7 nitrogen and oxygen atoms in total. The van der Waals surface area contributed by atoms with Gasteiger partial charge in [-0.2, -0.15) is 0 Å². The Morgan fingerprint density at radius 3 is 2.20 bits per heavy atom. The number of hydrogen-bond acceptors (Lipinski definition) is 4. The molecule has 2 aliphatic carbocycles. The van der Waals surface area contributed by atoms with Crippen molar-refractivity contribution in [2.24, 2.45) is 11.3 Å². The van der Waals surface area contributed by atoms with Crippen molar-refractivity contribution in [3.63, 3.8) is 0 Å². The average Bonchev–Trinajstić information content (AvgIpc) is 3.50. The van der Waals surface area contributed by atoms with Gasteiger partial charge in [0.1, 0.15) is 6.61 Å². The van der Waals surface area contributed by atoms with Crippen molar-refractivity contribution in [3.8, 4) is 11.1 Å². The number of carboxylic acid groups (broad SMARTS) is 1. The molecule has 184 valence electrons.